The highest BCUT2D eigenvalue weighted by Gasteiger charge is 2.07. The van der Waals surface area contributed by atoms with E-state index >= 15 is 0 Å². The lowest BCUT2D eigenvalue weighted by Crippen LogP contribution is -2.11. The monoisotopic (exact) mass is 293 g/mol. The first-order chi connectivity index (χ1) is 10.2. The van der Waals surface area contributed by atoms with Crippen LogP contribution >= 0.6 is 0 Å². The van der Waals surface area contributed by atoms with Crippen molar-refractivity contribution in [1.82, 2.24) is 9.97 Å². The Kier molecular flexibility index (Phi) is 8.99. The number of unbranched alkanes of at least 4 members (excludes halogenated alkanes) is 1. The summed E-state index contributed by atoms with van der Waals surface area (Å²) in [5.74, 6) is 2.34. The molecule has 0 spiro atoms. The summed E-state index contributed by atoms with van der Waals surface area (Å²) < 4.78 is 5.83. The van der Waals surface area contributed by atoms with Crippen molar-refractivity contribution in [2.24, 2.45) is 5.92 Å². The van der Waals surface area contributed by atoms with E-state index in [0.717, 1.165) is 36.9 Å². The van der Waals surface area contributed by atoms with Gasteiger partial charge in [0.15, 0.2) is 5.82 Å². The summed E-state index contributed by atoms with van der Waals surface area (Å²) in [6.45, 7) is 10.9. The van der Waals surface area contributed by atoms with Crippen LogP contribution in [0.2, 0.25) is 0 Å². The Balaban J connectivity index is 2.44. The molecule has 1 aromatic rings. The number of hydrogen-bond donors (Lipinski definition) is 1. The third kappa shape index (κ3) is 7.42. The SMILES string of the molecule is CCCCC(CC)COCc1nc(C)cc(NCCC)n1. The minimum Gasteiger partial charge on any atom is -0.373 e. The molecule has 1 atom stereocenters. The second-order valence-electron chi connectivity index (χ2n) is 5.67. The van der Waals surface area contributed by atoms with Crippen molar-refractivity contribution in [3.63, 3.8) is 0 Å². The Morgan fingerprint density at radius 2 is 2.00 bits per heavy atom. The summed E-state index contributed by atoms with van der Waals surface area (Å²) in [6, 6.07) is 1.98. The minimum absolute atomic E-state index is 0.505. The van der Waals surface area contributed by atoms with Crippen LogP contribution in [0.1, 0.15) is 64.4 Å². The number of nitrogens with zero attached hydrogens (tertiary/aromatic N) is 2. The number of aromatic nitrogens is 2. The van der Waals surface area contributed by atoms with Gasteiger partial charge in [-0.25, -0.2) is 9.97 Å². The summed E-state index contributed by atoms with van der Waals surface area (Å²) in [5.41, 5.74) is 0.986. The predicted octanol–water partition coefficient (Wildman–Crippen LogP) is 4.34. The first-order valence-electron chi connectivity index (χ1n) is 8.35. The first kappa shape index (κ1) is 17.9. The third-order valence-electron chi connectivity index (χ3n) is 3.58. The lowest BCUT2D eigenvalue weighted by atomic mass is 10.0. The Morgan fingerprint density at radius 1 is 1.19 bits per heavy atom. The maximum Gasteiger partial charge on any atom is 0.156 e. The highest BCUT2D eigenvalue weighted by molar-refractivity contribution is 5.35. The molecular weight excluding hydrogens is 262 g/mol. The van der Waals surface area contributed by atoms with Crippen molar-refractivity contribution in [2.45, 2.75) is 66.4 Å². The Bertz CT molecular complexity index is 396. The summed E-state index contributed by atoms with van der Waals surface area (Å²) in [5, 5.41) is 3.31. The van der Waals surface area contributed by atoms with Crippen LogP contribution in [0.4, 0.5) is 5.82 Å². The fourth-order valence-electron chi connectivity index (χ4n) is 2.25. The summed E-state index contributed by atoms with van der Waals surface area (Å²) >= 11 is 0. The summed E-state index contributed by atoms with van der Waals surface area (Å²) in [6.07, 6.45) is 6.06. The predicted molar refractivity (Wildman–Crippen MR) is 88.5 cm³/mol. The van der Waals surface area contributed by atoms with Crippen molar-refractivity contribution < 1.29 is 4.74 Å². The van der Waals surface area contributed by atoms with E-state index in [2.05, 4.69) is 36.1 Å². The van der Waals surface area contributed by atoms with Crippen LogP contribution in [0.5, 0.6) is 0 Å². The van der Waals surface area contributed by atoms with Gasteiger partial charge in [-0.3, -0.25) is 0 Å². The Labute approximate surface area is 129 Å². The summed E-state index contributed by atoms with van der Waals surface area (Å²) in [7, 11) is 0. The van der Waals surface area contributed by atoms with Crippen molar-refractivity contribution in [1.29, 1.82) is 0 Å². The topological polar surface area (TPSA) is 47.0 Å². The Hall–Kier alpha value is -1.16. The van der Waals surface area contributed by atoms with Gasteiger partial charge < -0.3 is 10.1 Å². The second-order valence-corrected chi connectivity index (χ2v) is 5.67. The van der Waals surface area contributed by atoms with Gasteiger partial charge in [-0.15, -0.1) is 0 Å². The molecule has 0 bridgehead atoms. The van der Waals surface area contributed by atoms with E-state index in [9.17, 15) is 0 Å². The largest absolute Gasteiger partial charge is 0.373 e. The first-order valence-corrected chi connectivity index (χ1v) is 8.35. The zero-order valence-corrected chi connectivity index (χ0v) is 14.1. The molecule has 4 nitrogen and oxygen atoms in total. The van der Waals surface area contributed by atoms with Gasteiger partial charge in [0.1, 0.15) is 12.4 Å². The normalized spacial score (nSPS) is 12.4. The molecule has 0 aromatic carbocycles. The highest BCUT2D eigenvalue weighted by Crippen LogP contribution is 2.14. The number of aryl methyl sites for hydroxylation is 1. The maximum absolute atomic E-state index is 5.83. The maximum atomic E-state index is 5.83. The molecule has 0 saturated carbocycles. The van der Waals surface area contributed by atoms with E-state index in [1.165, 1.54) is 25.7 Å². The molecule has 1 rings (SSSR count). The number of hydrogen-bond acceptors (Lipinski definition) is 4. The zero-order chi connectivity index (χ0) is 15.5. The third-order valence-corrected chi connectivity index (χ3v) is 3.58. The molecule has 0 amide bonds. The quantitative estimate of drug-likeness (QED) is 0.659. The molecule has 1 heterocycles. The summed E-state index contributed by atoms with van der Waals surface area (Å²) in [4.78, 5) is 8.96. The van der Waals surface area contributed by atoms with Crippen LogP contribution in [0, 0.1) is 12.8 Å². The lowest BCUT2D eigenvalue weighted by Gasteiger charge is -2.14. The van der Waals surface area contributed by atoms with E-state index in [-0.39, 0.29) is 0 Å². The molecule has 0 aliphatic carbocycles. The zero-order valence-electron chi connectivity index (χ0n) is 14.1. The molecule has 0 saturated heterocycles. The Morgan fingerprint density at radius 3 is 2.67 bits per heavy atom. The molecule has 0 fully saturated rings. The second kappa shape index (κ2) is 10.6. The van der Waals surface area contributed by atoms with E-state index in [4.69, 9.17) is 4.74 Å². The van der Waals surface area contributed by atoms with Gasteiger partial charge in [0, 0.05) is 24.9 Å². The average Bonchev–Trinajstić information content (AvgIpc) is 2.48. The molecule has 0 radical (unpaired) electrons. The molecule has 4 heteroatoms. The van der Waals surface area contributed by atoms with Gasteiger partial charge in [-0.05, 0) is 25.7 Å². The van der Waals surface area contributed by atoms with E-state index < -0.39 is 0 Å². The van der Waals surface area contributed by atoms with Gasteiger partial charge in [0.25, 0.3) is 0 Å². The van der Waals surface area contributed by atoms with Crippen molar-refractivity contribution in [3.05, 3.63) is 17.6 Å². The van der Waals surface area contributed by atoms with Crippen LogP contribution in [-0.4, -0.2) is 23.1 Å². The van der Waals surface area contributed by atoms with E-state index in [1.54, 1.807) is 0 Å². The highest BCUT2D eigenvalue weighted by atomic mass is 16.5. The molecular formula is C17H31N3O. The molecule has 1 N–H and O–H groups in total. The molecule has 1 unspecified atom stereocenters. The number of rotatable bonds is 11. The molecule has 0 aliphatic rings. The van der Waals surface area contributed by atoms with Gasteiger partial charge >= 0.3 is 0 Å². The van der Waals surface area contributed by atoms with Gasteiger partial charge in [-0.2, -0.15) is 0 Å². The number of ether oxygens (including phenoxy) is 1. The van der Waals surface area contributed by atoms with Gasteiger partial charge in [0.2, 0.25) is 0 Å². The minimum atomic E-state index is 0.505. The molecule has 1 aromatic heterocycles. The van der Waals surface area contributed by atoms with Crippen molar-refractivity contribution >= 4 is 5.82 Å². The number of nitrogens with one attached hydrogen (secondary N) is 1. The van der Waals surface area contributed by atoms with Crippen molar-refractivity contribution in [3.8, 4) is 0 Å². The van der Waals surface area contributed by atoms with Crippen LogP contribution in [0.3, 0.4) is 0 Å². The fourth-order valence-corrected chi connectivity index (χ4v) is 2.25. The average molecular weight is 293 g/mol. The van der Waals surface area contributed by atoms with Crippen molar-refractivity contribution in [2.75, 3.05) is 18.5 Å². The van der Waals surface area contributed by atoms with Gasteiger partial charge in [0.05, 0.1) is 0 Å². The van der Waals surface area contributed by atoms with Crippen LogP contribution in [-0.2, 0) is 11.3 Å². The standard InChI is InChI=1S/C17H31N3O/c1-5-8-9-15(7-3)12-21-13-17-19-14(4)11-16(20-17)18-10-6-2/h11,15H,5-10,12-13H2,1-4H3,(H,18,19,20). The van der Waals surface area contributed by atoms with Crippen LogP contribution in [0.15, 0.2) is 6.07 Å². The smallest absolute Gasteiger partial charge is 0.156 e. The molecule has 21 heavy (non-hydrogen) atoms. The van der Waals surface area contributed by atoms with Gasteiger partial charge in [-0.1, -0.05) is 40.0 Å². The lowest BCUT2D eigenvalue weighted by molar-refractivity contribution is 0.0777. The van der Waals surface area contributed by atoms with Crippen LogP contribution < -0.4 is 5.32 Å². The molecule has 120 valence electrons. The number of anilines is 1. The van der Waals surface area contributed by atoms with E-state index in [0.29, 0.717) is 12.5 Å². The fraction of sp³-hybridized carbons (Fsp3) is 0.765. The van der Waals surface area contributed by atoms with Crippen LogP contribution in [0.25, 0.3) is 0 Å². The molecule has 0 aliphatic heterocycles. The van der Waals surface area contributed by atoms with E-state index in [1.807, 2.05) is 13.0 Å².